The molecule has 154 valence electrons. The van der Waals surface area contributed by atoms with Gasteiger partial charge in [0.1, 0.15) is 0 Å². The maximum absolute atomic E-state index is 12.2. The summed E-state index contributed by atoms with van der Waals surface area (Å²) in [5.74, 6) is 0.975. The number of rotatable bonds is 7. The Balaban J connectivity index is 1.82. The minimum absolute atomic E-state index is 0.0893. The molecule has 1 unspecified atom stereocenters. The molecular formula is C20H36N4O3. The van der Waals surface area contributed by atoms with Gasteiger partial charge in [0.05, 0.1) is 19.1 Å². The second kappa shape index (κ2) is 11.8. The molecule has 1 saturated carbocycles. The molecule has 0 aromatic carbocycles. The van der Waals surface area contributed by atoms with Crippen LogP contribution in [0.3, 0.4) is 0 Å². The molecule has 2 fully saturated rings. The maximum atomic E-state index is 12.2. The molecule has 1 heterocycles. The van der Waals surface area contributed by atoms with Gasteiger partial charge in [0, 0.05) is 32.1 Å². The Bertz CT molecular complexity index is 503. The lowest BCUT2D eigenvalue weighted by atomic mass is 9.89. The largest absolute Gasteiger partial charge is 0.466 e. The molecule has 1 aliphatic heterocycles. The number of piperidine rings is 1. The van der Waals surface area contributed by atoms with Gasteiger partial charge in [0.15, 0.2) is 5.96 Å². The highest BCUT2D eigenvalue weighted by Gasteiger charge is 2.28. The average molecular weight is 381 g/mol. The van der Waals surface area contributed by atoms with Crippen molar-refractivity contribution in [3.8, 4) is 0 Å². The van der Waals surface area contributed by atoms with Crippen molar-refractivity contribution in [3.05, 3.63) is 0 Å². The summed E-state index contributed by atoms with van der Waals surface area (Å²) in [6, 6.07) is 0. The highest BCUT2D eigenvalue weighted by molar-refractivity contribution is 5.81. The minimum Gasteiger partial charge on any atom is -0.466 e. The van der Waals surface area contributed by atoms with Crippen LogP contribution in [0.25, 0.3) is 0 Å². The van der Waals surface area contributed by atoms with E-state index in [1.54, 1.807) is 0 Å². The predicted octanol–water partition coefficient (Wildman–Crippen LogP) is 1.92. The van der Waals surface area contributed by atoms with E-state index in [2.05, 4.69) is 20.5 Å². The smallest absolute Gasteiger partial charge is 0.310 e. The second-order valence-corrected chi connectivity index (χ2v) is 7.40. The van der Waals surface area contributed by atoms with E-state index >= 15 is 0 Å². The fourth-order valence-corrected chi connectivity index (χ4v) is 3.90. The number of ether oxygens (including phenoxy) is 1. The summed E-state index contributed by atoms with van der Waals surface area (Å²) < 4.78 is 5.18. The van der Waals surface area contributed by atoms with Gasteiger partial charge in [-0.15, -0.1) is 0 Å². The van der Waals surface area contributed by atoms with Gasteiger partial charge in [0.25, 0.3) is 0 Å². The van der Waals surface area contributed by atoms with Crippen LogP contribution in [0.1, 0.15) is 58.8 Å². The van der Waals surface area contributed by atoms with Crippen molar-refractivity contribution in [3.63, 3.8) is 0 Å². The number of hydrogen-bond donors (Lipinski definition) is 2. The van der Waals surface area contributed by atoms with Crippen LogP contribution in [-0.2, 0) is 14.3 Å². The quantitative estimate of drug-likeness (QED) is 0.305. The maximum Gasteiger partial charge on any atom is 0.310 e. The summed E-state index contributed by atoms with van der Waals surface area (Å²) >= 11 is 0. The van der Waals surface area contributed by atoms with Crippen molar-refractivity contribution >= 4 is 17.8 Å². The van der Waals surface area contributed by atoms with Gasteiger partial charge in [-0.05, 0) is 39.5 Å². The number of likely N-dealkylation sites (tertiary alicyclic amines) is 1. The molecule has 0 spiro atoms. The van der Waals surface area contributed by atoms with Crippen LogP contribution in [-0.4, -0.2) is 62.1 Å². The van der Waals surface area contributed by atoms with Crippen LogP contribution >= 0.6 is 0 Å². The third-order valence-electron chi connectivity index (χ3n) is 5.32. The standard InChI is InChI=1S/C20H36N4O3/c1-3-21-20(24-14-8-11-17(15-24)19(26)27-4-2)23-13-12-22-18(25)16-9-6-5-7-10-16/h16-17H,3-15H2,1-2H3,(H,21,23)(H,22,25). The highest BCUT2D eigenvalue weighted by Crippen LogP contribution is 2.23. The number of aliphatic imine (C=N–C) groups is 1. The monoisotopic (exact) mass is 380 g/mol. The number of guanidine groups is 1. The van der Waals surface area contributed by atoms with Crippen LogP contribution in [0.5, 0.6) is 0 Å². The lowest BCUT2D eigenvalue weighted by molar-refractivity contribution is -0.149. The molecular weight excluding hydrogens is 344 g/mol. The average Bonchev–Trinajstić information content (AvgIpc) is 2.71. The third kappa shape index (κ3) is 7.03. The first kappa shape index (κ1) is 21.5. The Morgan fingerprint density at radius 3 is 2.48 bits per heavy atom. The Hall–Kier alpha value is -1.79. The molecule has 2 rings (SSSR count). The van der Waals surface area contributed by atoms with Gasteiger partial charge in [-0.2, -0.15) is 0 Å². The summed E-state index contributed by atoms with van der Waals surface area (Å²) in [6.45, 7) is 7.69. The molecule has 0 aromatic heterocycles. The lowest BCUT2D eigenvalue weighted by Gasteiger charge is -2.34. The van der Waals surface area contributed by atoms with E-state index in [9.17, 15) is 9.59 Å². The van der Waals surface area contributed by atoms with Crippen molar-refractivity contribution in [1.29, 1.82) is 0 Å². The Morgan fingerprint density at radius 2 is 1.78 bits per heavy atom. The summed E-state index contributed by atoms with van der Waals surface area (Å²) in [5, 5.41) is 6.34. The Labute approximate surface area is 163 Å². The van der Waals surface area contributed by atoms with E-state index in [0.29, 0.717) is 26.2 Å². The van der Waals surface area contributed by atoms with Crippen molar-refractivity contribution in [1.82, 2.24) is 15.5 Å². The predicted molar refractivity (Wildman–Crippen MR) is 106 cm³/mol. The van der Waals surface area contributed by atoms with Crippen molar-refractivity contribution < 1.29 is 14.3 Å². The van der Waals surface area contributed by atoms with E-state index < -0.39 is 0 Å². The molecule has 7 nitrogen and oxygen atoms in total. The van der Waals surface area contributed by atoms with Gasteiger partial charge < -0.3 is 20.3 Å². The molecule has 1 saturated heterocycles. The number of esters is 1. The highest BCUT2D eigenvalue weighted by atomic mass is 16.5. The zero-order valence-corrected chi connectivity index (χ0v) is 17.0. The number of nitrogens with one attached hydrogen (secondary N) is 2. The summed E-state index contributed by atoms with van der Waals surface area (Å²) in [6.07, 6.45) is 7.43. The minimum atomic E-state index is -0.113. The molecule has 1 aliphatic carbocycles. The molecule has 0 bridgehead atoms. The first-order chi connectivity index (χ1) is 13.2. The molecule has 2 N–H and O–H groups in total. The van der Waals surface area contributed by atoms with Crippen molar-refractivity contribution in [2.24, 2.45) is 16.8 Å². The van der Waals surface area contributed by atoms with Gasteiger partial charge in [-0.1, -0.05) is 19.3 Å². The fraction of sp³-hybridized carbons (Fsp3) is 0.850. The van der Waals surface area contributed by atoms with Gasteiger partial charge in [0.2, 0.25) is 5.91 Å². The Morgan fingerprint density at radius 1 is 1.04 bits per heavy atom. The van der Waals surface area contributed by atoms with Gasteiger partial charge in [-0.3, -0.25) is 14.6 Å². The lowest BCUT2D eigenvalue weighted by Crippen LogP contribution is -2.48. The van der Waals surface area contributed by atoms with E-state index in [4.69, 9.17) is 4.74 Å². The molecule has 7 heteroatoms. The number of nitrogens with zero attached hydrogens (tertiary/aromatic N) is 2. The third-order valence-corrected chi connectivity index (χ3v) is 5.32. The van der Waals surface area contributed by atoms with Gasteiger partial charge in [-0.25, -0.2) is 0 Å². The number of hydrogen-bond acceptors (Lipinski definition) is 4. The van der Waals surface area contributed by atoms with E-state index in [1.165, 1.54) is 6.42 Å². The van der Waals surface area contributed by atoms with Crippen LogP contribution in [0.15, 0.2) is 4.99 Å². The molecule has 1 amide bonds. The van der Waals surface area contributed by atoms with E-state index in [-0.39, 0.29) is 23.7 Å². The molecule has 0 radical (unpaired) electrons. The van der Waals surface area contributed by atoms with Crippen LogP contribution in [0.2, 0.25) is 0 Å². The van der Waals surface area contributed by atoms with Gasteiger partial charge >= 0.3 is 5.97 Å². The van der Waals surface area contributed by atoms with E-state index in [1.807, 2.05) is 13.8 Å². The van der Waals surface area contributed by atoms with Crippen molar-refractivity contribution in [2.45, 2.75) is 58.8 Å². The topological polar surface area (TPSA) is 83.0 Å². The molecule has 1 atom stereocenters. The fourth-order valence-electron chi connectivity index (χ4n) is 3.90. The molecule has 27 heavy (non-hydrogen) atoms. The van der Waals surface area contributed by atoms with Crippen molar-refractivity contribution in [2.75, 3.05) is 39.3 Å². The Kier molecular flexibility index (Phi) is 9.42. The van der Waals surface area contributed by atoms with E-state index in [0.717, 1.165) is 57.6 Å². The zero-order valence-electron chi connectivity index (χ0n) is 17.0. The first-order valence-electron chi connectivity index (χ1n) is 10.6. The molecule has 0 aromatic rings. The summed E-state index contributed by atoms with van der Waals surface area (Å²) in [5.41, 5.74) is 0. The van der Waals surface area contributed by atoms with Crippen LogP contribution < -0.4 is 10.6 Å². The number of amides is 1. The second-order valence-electron chi connectivity index (χ2n) is 7.40. The SMILES string of the molecule is CCNC(=NCCNC(=O)C1CCCCC1)N1CCCC(C(=O)OCC)C1. The summed E-state index contributed by atoms with van der Waals surface area (Å²) in [7, 11) is 0. The van der Waals surface area contributed by atoms with Crippen LogP contribution in [0, 0.1) is 11.8 Å². The number of carbonyl (C=O) groups excluding carboxylic acids is 2. The number of carbonyl (C=O) groups is 2. The zero-order chi connectivity index (χ0) is 19.5. The van der Waals surface area contributed by atoms with Crippen LogP contribution in [0.4, 0.5) is 0 Å². The molecule has 2 aliphatic rings. The first-order valence-corrected chi connectivity index (χ1v) is 10.6. The normalized spacial score (nSPS) is 21.6. The summed E-state index contributed by atoms with van der Waals surface area (Å²) in [4.78, 5) is 31.1.